The molecule has 0 aromatic carbocycles. The summed E-state index contributed by atoms with van der Waals surface area (Å²) in [5, 5.41) is 9.06. The van der Waals surface area contributed by atoms with Crippen LogP contribution in [-0.2, 0) is 4.74 Å². The molecule has 1 amide bonds. The van der Waals surface area contributed by atoms with E-state index in [-0.39, 0.29) is 17.1 Å². The molecule has 1 aromatic rings. The highest BCUT2D eigenvalue weighted by molar-refractivity contribution is 5.94. The van der Waals surface area contributed by atoms with Crippen LogP contribution in [0.3, 0.4) is 0 Å². The third-order valence-electron chi connectivity index (χ3n) is 4.84. The van der Waals surface area contributed by atoms with Crippen LogP contribution < -0.4 is 0 Å². The van der Waals surface area contributed by atoms with Gasteiger partial charge in [0, 0.05) is 6.54 Å². The van der Waals surface area contributed by atoms with Crippen molar-refractivity contribution in [2.45, 2.75) is 44.6 Å². The topological polar surface area (TPSA) is 79.7 Å². The lowest BCUT2D eigenvalue weighted by Gasteiger charge is -2.44. The van der Waals surface area contributed by atoms with Crippen LogP contribution in [-0.4, -0.2) is 52.2 Å². The Bertz CT molecular complexity index is 618. The van der Waals surface area contributed by atoms with Crippen LogP contribution in [0.25, 0.3) is 0 Å². The lowest BCUT2D eigenvalue weighted by atomic mass is 9.83. The maximum absolute atomic E-state index is 12.7. The second-order valence-electron chi connectivity index (χ2n) is 6.45. The van der Waals surface area contributed by atoms with E-state index in [1.807, 2.05) is 0 Å². The molecule has 0 bridgehead atoms. The molecule has 2 aliphatic rings. The molecule has 1 saturated carbocycles. The third-order valence-corrected chi connectivity index (χ3v) is 4.84. The molecular formula is C17H22N2O4. The van der Waals surface area contributed by atoms with E-state index >= 15 is 0 Å². The number of aromatic carboxylic acids is 1. The standard InChI is InChI=1S/C17H22N2O4/c1-12-13(16(21)22)5-6-14(18-12)15(20)19-9-10-23-17(11-19)7-3-2-4-8-17/h5-6H,2-4,7-11H2,1H3,(H,21,22). The van der Waals surface area contributed by atoms with Gasteiger partial charge in [-0.1, -0.05) is 19.3 Å². The zero-order valence-electron chi connectivity index (χ0n) is 13.4. The summed E-state index contributed by atoms with van der Waals surface area (Å²) in [6, 6.07) is 2.95. The summed E-state index contributed by atoms with van der Waals surface area (Å²) in [5.74, 6) is -1.17. The maximum atomic E-state index is 12.7. The Hall–Kier alpha value is -1.95. The Morgan fingerprint density at radius 1 is 1.26 bits per heavy atom. The highest BCUT2D eigenvalue weighted by atomic mass is 16.5. The number of aryl methyl sites for hydroxylation is 1. The molecule has 1 spiro atoms. The van der Waals surface area contributed by atoms with Crippen molar-refractivity contribution in [2.75, 3.05) is 19.7 Å². The van der Waals surface area contributed by atoms with Gasteiger partial charge in [0.05, 0.1) is 30.0 Å². The lowest BCUT2D eigenvalue weighted by molar-refractivity contribution is -0.117. The molecule has 0 atom stereocenters. The Morgan fingerprint density at radius 2 is 2.00 bits per heavy atom. The Labute approximate surface area is 135 Å². The normalized spacial score (nSPS) is 20.5. The number of ether oxygens (including phenoxy) is 1. The molecule has 2 heterocycles. The van der Waals surface area contributed by atoms with E-state index < -0.39 is 5.97 Å². The van der Waals surface area contributed by atoms with Gasteiger partial charge >= 0.3 is 5.97 Å². The Morgan fingerprint density at radius 3 is 2.65 bits per heavy atom. The number of hydrogen-bond acceptors (Lipinski definition) is 4. The number of rotatable bonds is 2. The quantitative estimate of drug-likeness (QED) is 0.905. The Balaban J connectivity index is 1.77. The highest BCUT2D eigenvalue weighted by Crippen LogP contribution is 2.34. The van der Waals surface area contributed by atoms with E-state index in [0.717, 1.165) is 25.7 Å². The number of nitrogens with zero attached hydrogens (tertiary/aromatic N) is 2. The number of carbonyl (C=O) groups is 2. The molecule has 1 saturated heterocycles. The summed E-state index contributed by atoms with van der Waals surface area (Å²) in [6.45, 7) is 3.33. The van der Waals surface area contributed by atoms with Gasteiger partial charge < -0.3 is 14.7 Å². The van der Waals surface area contributed by atoms with Crippen molar-refractivity contribution in [3.63, 3.8) is 0 Å². The van der Waals surface area contributed by atoms with Crippen molar-refractivity contribution in [2.24, 2.45) is 0 Å². The zero-order valence-corrected chi connectivity index (χ0v) is 13.4. The molecule has 6 heteroatoms. The second-order valence-corrected chi connectivity index (χ2v) is 6.45. The number of aromatic nitrogens is 1. The number of hydrogen-bond donors (Lipinski definition) is 1. The van der Waals surface area contributed by atoms with Crippen LogP contribution in [0.2, 0.25) is 0 Å². The molecule has 23 heavy (non-hydrogen) atoms. The summed E-state index contributed by atoms with van der Waals surface area (Å²) in [4.78, 5) is 29.8. The van der Waals surface area contributed by atoms with Gasteiger partial charge in [0.1, 0.15) is 5.69 Å². The average Bonchev–Trinajstić information content (AvgIpc) is 2.54. The van der Waals surface area contributed by atoms with Crippen LogP contribution in [0.5, 0.6) is 0 Å². The van der Waals surface area contributed by atoms with Gasteiger partial charge in [-0.25, -0.2) is 9.78 Å². The SMILES string of the molecule is Cc1nc(C(=O)N2CCOC3(CCCCC3)C2)ccc1C(=O)O. The minimum Gasteiger partial charge on any atom is -0.478 e. The van der Waals surface area contributed by atoms with E-state index in [4.69, 9.17) is 9.84 Å². The molecule has 0 radical (unpaired) electrons. The van der Waals surface area contributed by atoms with Crippen LogP contribution in [0.1, 0.15) is 58.6 Å². The van der Waals surface area contributed by atoms with Gasteiger partial charge in [0.15, 0.2) is 0 Å². The summed E-state index contributed by atoms with van der Waals surface area (Å²) >= 11 is 0. The van der Waals surface area contributed by atoms with Gasteiger partial charge in [-0.2, -0.15) is 0 Å². The van der Waals surface area contributed by atoms with E-state index in [0.29, 0.717) is 31.1 Å². The molecule has 0 unspecified atom stereocenters. The van der Waals surface area contributed by atoms with Crippen molar-refractivity contribution in [1.29, 1.82) is 0 Å². The van der Waals surface area contributed by atoms with Crippen LogP contribution in [0.4, 0.5) is 0 Å². The van der Waals surface area contributed by atoms with Crippen LogP contribution >= 0.6 is 0 Å². The van der Waals surface area contributed by atoms with Crippen molar-refractivity contribution in [1.82, 2.24) is 9.88 Å². The first-order chi connectivity index (χ1) is 11.0. The molecule has 6 nitrogen and oxygen atoms in total. The Kier molecular flexibility index (Phi) is 4.35. The monoisotopic (exact) mass is 318 g/mol. The minimum absolute atomic E-state index is 0.132. The molecule has 1 aliphatic heterocycles. The summed E-state index contributed by atoms with van der Waals surface area (Å²) in [7, 11) is 0. The van der Waals surface area contributed by atoms with E-state index in [9.17, 15) is 9.59 Å². The fourth-order valence-corrected chi connectivity index (χ4v) is 3.58. The fraction of sp³-hybridized carbons (Fsp3) is 0.588. The predicted molar refractivity (Wildman–Crippen MR) is 83.6 cm³/mol. The molecule has 124 valence electrons. The van der Waals surface area contributed by atoms with Gasteiger partial charge in [-0.05, 0) is 31.9 Å². The second kappa shape index (κ2) is 6.28. The van der Waals surface area contributed by atoms with Crippen molar-refractivity contribution in [3.05, 3.63) is 29.1 Å². The molecular weight excluding hydrogens is 296 g/mol. The number of morpholine rings is 1. The summed E-state index contributed by atoms with van der Waals surface area (Å²) < 4.78 is 6.00. The number of carbonyl (C=O) groups excluding carboxylic acids is 1. The van der Waals surface area contributed by atoms with E-state index in [2.05, 4.69) is 4.98 Å². The summed E-state index contributed by atoms with van der Waals surface area (Å²) in [5.41, 5.74) is 0.610. The first-order valence-electron chi connectivity index (χ1n) is 8.15. The predicted octanol–water partition coefficient (Wildman–Crippen LogP) is 2.26. The van der Waals surface area contributed by atoms with Gasteiger partial charge in [0.25, 0.3) is 5.91 Å². The first-order valence-corrected chi connectivity index (χ1v) is 8.15. The number of amides is 1. The van der Waals surface area contributed by atoms with Crippen molar-refractivity contribution < 1.29 is 19.4 Å². The van der Waals surface area contributed by atoms with Crippen molar-refractivity contribution in [3.8, 4) is 0 Å². The first kappa shape index (κ1) is 15.9. The van der Waals surface area contributed by atoms with E-state index in [1.54, 1.807) is 11.8 Å². The molecule has 2 fully saturated rings. The van der Waals surface area contributed by atoms with Gasteiger partial charge in [-0.15, -0.1) is 0 Å². The largest absolute Gasteiger partial charge is 0.478 e. The fourth-order valence-electron chi connectivity index (χ4n) is 3.58. The van der Waals surface area contributed by atoms with E-state index in [1.165, 1.54) is 18.6 Å². The lowest BCUT2D eigenvalue weighted by Crippen LogP contribution is -2.54. The smallest absolute Gasteiger partial charge is 0.337 e. The third kappa shape index (κ3) is 3.22. The molecule has 1 aliphatic carbocycles. The van der Waals surface area contributed by atoms with Crippen LogP contribution in [0.15, 0.2) is 12.1 Å². The van der Waals surface area contributed by atoms with Crippen molar-refractivity contribution >= 4 is 11.9 Å². The highest BCUT2D eigenvalue weighted by Gasteiger charge is 2.39. The van der Waals surface area contributed by atoms with Gasteiger partial charge in [-0.3, -0.25) is 4.79 Å². The summed E-state index contributed by atoms with van der Waals surface area (Å²) in [6.07, 6.45) is 5.53. The zero-order chi connectivity index (χ0) is 16.4. The van der Waals surface area contributed by atoms with Gasteiger partial charge in [0.2, 0.25) is 0 Å². The molecule has 1 N–H and O–H groups in total. The minimum atomic E-state index is -1.03. The molecule has 3 rings (SSSR count). The number of pyridine rings is 1. The maximum Gasteiger partial charge on any atom is 0.337 e. The number of carboxylic acid groups (broad SMARTS) is 1. The van der Waals surface area contributed by atoms with Crippen LogP contribution in [0, 0.1) is 6.92 Å². The number of carboxylic acids is 1. The molecule has 1 aromatic heterocycles. The average molecular weight is 318 g/mol.